The lowest BCUT2D eigenvalue weighted by Gasteiger charge is -2.09. The van der Waals surface area contributed by atoms with E-state index in [0.29, 0.717) is 12.8 Å². The zero-order valence-electron chi connectivity index (χ0n) is 6.25. The van der Waals surface area contributed by atoms with Crippen LogP contribution in [-0.4, -0.2) is 22.4 Å². The SMILES string of the molecule is CC1=CC[C@H](O)C[C@@H](O)C1. The zero-order valence-corrected chi connectivity index (χ0v) is 6.25. The van der Waals surface area contributed by atoms with Crippen molar-refractivity contribution in [2.75, 3.05) is 0 Å². The smallest absolute Gasteiger partial charge is 0.0601 e. The van der Waals surface area contributed by atoms with Crippen LogP contribution in [0.15, 0.2) is 11.6 Å². The molecule has 2 atom stereocenters. The molecule has 2 heteroatoms. The van der Waals surface area contributed by atoms with Crippen molar-refractivity contribution in [1.82, 2.24) is 0 Å². The Labute approximate surface area is 61.2 Å². The molecule has 0 unspecified atom stereocenters. The van der Waals surface area contributed by atoms with Gasteiger partial charge in [-0.3, -0.25) is 0 Å². The summed E-state index contributed by atoms with van der Waals surface area (Å²) in [5.74, 6) is 0. The van der Waals surface area contributed by atoms with E-state index >= 15 is 0 Å². The van der Waals surface area contributed by atoms with Gasteiger partial charge in [0.05, 0.1) is 12.2 Å². The van der Waals surface area contributed by atoms with Gasteiger partial charge >= 0.3 is 0 Å². The van der Waals surface area contributed by atoms with E-state index in [2.05, 4.69) is 0 Å². The van der Waals surface area contributed by atoms with Crippen LogP contribution in [0.3, 0.4) is 0 Å². The molecule has 1 aliphatic rings. The second-order valence-corrected chi connectivity index (χ2v) is 3.03. The number of hydrogen-bond acceptors (Lipinski definition) is 2. The van der Waals surface area contributed by atoms with Gasteiger partial charge in [-0.1, -0.05) is 11.6 Å². The van der Waals surface area contributed by atoms with Crippen LogP contribution >= 0.6 is 0 Å². The molecular weight excluding hydrogens is 128 g/mol. The molecule has 0 spiro atoms. The predicted molar refractivity (Wildman–Crippen MR) is 39.6 cm³/mol. The van der Waals surface area contributed by atoms with E-state index in [1.54, 1.807) is 0 Å². The van der Waals surface area contributed by atoms with E-state index in [0.717, 1.165) is 6.42 Å². The van der Waals surface area contributed by atoms with E-state index < -0.39 is 0 Å². The van der Waals surface area contributed by atoms with Crippen molar-refractivity contribution >= 4 is 0 Å². The molecule has 0 heterocycles. The van der Waals surface area contributed by atoms with Crippen molar-refractivity contribution < 1.29 is 10.2 Å². The molecule has 0 aromatic heterocycles. The molecule has 10 heavy (non-hydrogen) atoms. The summed E-state index contributed by atoms with van der Waals surface area (Å²) in [5, 5.41) is 18.4. The minimum absolute atomic E-state index is 0.339. The molecule has 0 bridgehead atoms. The predicted octanol–water partition coefficient (Wildman–Crippen LogP) is 0.838. The zero-order chi connectivity index (χ0) is 7.56. The van der Waals surface area contributed by atoms with Gasteiger partial charge in [0.25, 0.3) is 0 Å². The Morgan fingerprint density at radius 1 is 1.40 bits per heavy atom. The van der Waals surface area contributed by atoms with Crippen LogP contribution in [0, 0.1) is 0 Å². The molecule has 0 saturated carbocycles. The Kier molecular flexibility index (Phi) is 2.46. The van der Waals surface area contributed by atoms with Crippen molar-refractivity contribution in [3.8, 4) is 0 Å². The minimum Gasteiger partial charge on any atom is -0.393 e. The van der Waals surface area contributed by atoms with Crippen LogP contribution in [0.25, 0.3) is 0 Å². The van der Waals surface area contributed by atoms with E-state index in [4.69, 9.17) is 0 Å². The molecule has 0 aliphatic heterocycles. The van der Waals surface area contributed by atoms with Crippen molar-refractivity contribution in [3.63, 3.8) is 0 Å². The first kappa shape index (κ1) is 7.76. The Balaban J connectivity index is 2.53. The topological polar surface area (TPSA) is 40.5 Å². The number of aliphatic hydroxyl groups excluding tert-OH is 2. The highest BCUT2D eigenvalue weighted by Crippen LogP contribution is 2.17. The average Bonchev–Trinajstić information content (AvgIpc) is 1.93. The Morgan fingerprint density at radius 3 is 2.80 bits per heavy atom. The Bertz CT molecular complexity index is 140. The third-order valence-corrected chi connectivity index (χ3v) is 1.84. The highest BCUT2D eigenvalue weighted by atomic mass is 16.3. The third kappa shape index (κ3) is 2.12. The fourth-order valence-corrected chi connectivity index (χ4v) is 1.29. The maximum absolute atomic E-state index is 9.23. The monoisotopic (exact) mass is 142 g/mol. The fraction of sp³-hybridized carbons (Fsp3) is 0.750. The van der Waals surface area contributed by atoms with Crippen molar-refractivity contribution in [3.05, 3.63) is 11.6 Å². The van der Waals surface area contributed by atoms with Crippen LogP contribution in [0.4, 0.5) is 0 Å². The lowest BCUT2D eigenvalue weighted by molar-refractivity contribution is 0.0872. The second-order valence-electron chi connectivity index (χ2n) is 3.03. The third-order valence-electron chi connectivity index (χ3n) is 1.84. The van der Waals surface area contributed by atoms with E-state index in [-0.39, 0.29) is 12.2 Å². The summed E-state index contributed by atoms with van der Waals surface area (Å²) in [6.45, 7) is 1.99. The van der Waals surface area contributed by atoms with Gasteiger partial charge in [0.1, 0.15) is 0 Å². The molecule has 2 nitrogen and oxygen atoms in total. The number of aliphatic hydroxyl groups is 2. The van der Waals surface area contributed by atoms with Crippen LogP contribution in [0.5, 0.6) is 0 Å². The van der Waals surface area contributed by atoms with Gasteiger partial charge in [0.2, 0.25) is 0 Å². The van der Waals surface area contributed by atoms with E-state index in [1.165, 1.54) is 5.57 Å². The molecule has 58 valence electrons. The number of hydrogen-bond donors (Lipinski definition) is 2. The lowest BCUT2D eigenvalue weighted by Crippen LogP contribution is -2.14. The van der Waals surface area contributed by atoms with Gasteiger partial charge in [0.15, 0.2) is 0 Å². The normalized spacial score (nSPS) is 34.9. The summed E-state index contributed by atoms with van der Waals surface area (Å²) in [5.41, 5.74) is 1.18. The molecular formula is C8H14O2. The molecule has 0 amide bonds. The first-order chi connectivity index (χ1) is 4.68. The van der Waals surface area contributed by atoms with Crippen LogP contribution in [-0.2, 0) is 0 Å². The molecule has 0 saturated heterocycles. The first-order valence-corrected chi connectivity index (χ1v) is 3.70. The van der Waals surface area contributed by atoms with Crippen molar-refractivity contribution in [2.24, 2.45) is 0 Å². The highest BCUT2D eigenvalue weighted by Gasteiger charge is 2.14. The molecule has 1 rings (SSSR count). The fourth-order valence-electron chi connectivity index (χ4n) is 1.29. The van der Waals surface area contributed by atoms with Crippen molar-refractivity contribution in [2.45, 2.75) is 38.4 Å². The maximum Gasteiger partial charge on any atom is 0.0601 e. The van der Waals surface area contributed by atoms with Crippen LogP contribution in [0.1, 0.15) is 26.2 Å². The maximum atomic E-state index is 9.23. The molecule has 0 radical (unpaired) electrons. The molecule has 0 aromatic rings. The van der Waals surface area contributed by atoms with Gasteiger partial charge in [-0.25, -0.2) is 0 Å². The van der Waals surface area contributed by atoms with Crippen molar-refractivity contribution in [1.29, 1.82) is 0 Å². The summed E-state index contributed by atoms with van der Waals surface area (Å²) < 4.78 is 0. The summed E-state index contributed by atoms with van der Waals surface area (Å²) >= 11 is 0. The molecule has 2 N–H and O–H groups in total. The van der Waals surface area contributed by atoms with Gasteiger partial charge in [-0.05, 0) is 26.2 Å². The quantitative estimate of drug-likeness (QED) is 0.492. The van der Waals surface area contributed by atoms with Gasteiger partial charge in [-0.2, -0.15) is 0 Å². The summed E-state index contributed by atoms with van der Waals surface area (Å²) in [4.78, 5) is 0. The van der Waals surface area contributed by atoms with E-state index in [1.807, 2.05) is 13.0 Å². The Morgan fingerprint density at radius 2 is 2.10 bits per heavy atom. The highest BCUT2D eigenvalue weighted by molar-refractivity contribution is 5.03. The first-order valence-electron chi connectivity index (χ1n) is 3.70. The standard InChI is InChI=1S/C8H14O2/c1-6-2-3-7(9)5-8(10)4-6/h2,7-10H,3-5H2,1H3/t7-,8-/m0/s1. The van der Waals surface area contributed by atoms with Gasteiger partial charge < -0.3 is 10.2 Å². The molecule has 0 fully saturated rings. The van der Waals surface area contributed by atoms with Crippen LogP contribution in [0.2, 0.25) is 0 Å². The summed E-state index contributed by atoms with van der Waals surface area (Å²) in [7, 11) is 0. The summed E-state index contributed by atoms with van der Waals surface area (Å²) in [6, 6.07) is 0. The number of rotatable bonds is 0. The minimum atomic E-state index is -0.340. The van der Waals surface area contributed by atoms with Gasteiger partial charge in [-0.15, -0.1) is 0 Å². The van der Waals surface area contributed by atoms with Crippen LogP contribution < -0.4 is 0 Å². The molecule has 0 aromatic carbocycles. The van der Waals surface area contributed by atoms with Gasteiger partial charge in [0, 0.05) is 0 Å². The average molecular weight is 142 g/mol. The largest absolute Gasteiger partial charge is 0.393 e. The summed E-state index contributed by atoms with van der Waals surface area (Å²) in [6.07, 6.45) is 3.26. The lowest BCUT2D eigenvalue weighted by atomic mass is 10.1. The second kappa shape index (κ2) is 3.17. The Hall–Kier alpha value is -0.340. The molecule has 1 aliphatic carbocycles. The van der Waals surface area contributed by atoms with E-state index in [9.17, 15) is 10.2 Å².